The number of esters is 1. The van der Waals surface area contributed by atoms with Crippen molar-refractivity contribution in [3.05, 3.63) is 58.3 Å². The van der Waals surface area contributed by atoms with Crippen molar-refractivity contribution in [2.45, 2.75) is 6.54 Å². The highest BCUT2D eigenvalue weighted by Gasteiger charge is 2.20. The van der Waals surface area contributed by atoms with Crippen molar-refractivity contribution in [2.75, 3.05) is 14.2 Å². The second kappa shape index (κ2) is 6.42. The molecule has 0 bridgehead atoms. The van der Waals surface area contributed by atoms with Crippen LogP contribution in [0.1, 0.15) is 15.9 Å². The summed E-state index contributed by atoms with van der Waals surface area (Å²) in [5.74, 6) is -0.000386. The summed E-state index contributed by atoms with van der Waals surface area (Å²) < 4.78 is 13.1. The van der Waals surface area contributed by atoms with Crippen LogP contribution in [0.2, 0.25) is 0 Å². The van der Waals surface area contributed by atoms with E-state index in [4.69, 9.17) is 9.47 Å². The van der Waals surface area contributed by atoms with Crippen molar-refractivity contribution in [2.24, 2.45) is 0 Å². The summed E-state index contributed by atoms with van der Waals surface area (Å²) in [6.07, 6.45) is 1.72. The van der Waals surface area contributed by atoms with E-state index in [-0.39, 0.29) is 0 Å². The summed E-state index contributed by atoms with van der Waals surface area (Å²) in [6, 6.07) is 11.7. The molecule has 1 aromatic heterocycles. The minimum absolute atomic E-state index is 0.349. The van der Waals surface area contributed by atoms with Gasteiger partial charge in [0.2, 0.25) is 0 Å². The van der Waals surface area contributed by atoms with Gasteiger partial charge in [-0.2, -0.15) is 0 Å². The summed E-state index contributed by atoms with van der Waals surface area (Å²) in [4.78, 5) is 16.4. The third-order valence-electron chi connectivity index (χ3n) is 3.63. The van der Waals surface area contributed by atoms with Gasteiger partial charge in [-0.25, -0.2) is 9.78 Å². The first-order valence-corrected chi connectivity index (χ1v) is 7.78. The number of nitrogens with zero attached hydrogens (tertiary/aromatic N) is 2. The van der Waals surface area contributed by atoms with Gasteiger partial charge in [-0.1, -0.05) is 28.1 Å². The Morgan fingerprint density at radius 3 is 2.57 bits per heavy atom. The molecule has 3 rings (SSSR count). The van der Waals surface area contributed by atoms with Gasteiger partial charge in [0.25, 0.3) is 0 Å². The van der Waals surface area contributed by atoms with Crippen LogP contribution in [0.3, 0.4) is 0 Å². The lowest BCUT2D eigenvalue weighted by Crippen LogP contribution is -2.05. The van der Waals surface area contributed by atoms with Crippen molar-refractivity contribution >= 4 is 32.9 Å². The first-order valence-electron chi connectivity index (χ1n) is 6.98. The van der Waals surface area contributed by atoms with Crippen LogP contribution in [0.4, 0.5) is 0 Å². The lowest BCUT2D eigenvalue weighted by Gasteiger charge is -2.09. The molecule has 5 nitrogen and oxygen atoms in total. The molecule has 0 N–H and O–H groups in total. The third kappa shape index (κ3) is 2.94. The predicted molar refractivity (Wildman–Crippen MR) is 90.9 cm³/mol. The molecule has 118 valence electrons. The van der Waals surface area contributed by atoms with Gasteiger partial charge in [-0.05, 0) is 29.8 Å². The lowest BCUT2D eigenvalue weighted by atomic mass is 10.1. The predicted octanol–water partition coefficient (Wildman–Crippen LogP) is 3.64. The van der Waals surface area contributed by atoms with Gasteiger partial charge < -0.3 is 14.0 Å². The summed E-state index contributed by atoms with van der Waals surface area (Å²) in [7, 11) is 2.87. The van der Waals surface area contributed by atoms with Gasteiger partial charge >= 0.3 is 5.97 Å². The Balaban J connectivity index is 2.07. The third-order valence-corrected chi connectivity index (χ3v) is 4.16. The smallest absolute Gasteiger partial charge is 0.343 e. The molecular formula is C17H15BrN2O3. The van der Waals surface area contributed by atoms with E-state index in [1.165, 1.54) is 14.2 Å². The molecule has 2 aromatic carbocycles. The number of ether oxygens (including phenoxy) is 2. The van der Waals surface area contributed by atoms with Crippen molar-refractivity contribution in [3.63, 3.8) is 0 Å². The molecule has 0 radical (unpaired) electrons. The summed E-state index contributed by atoms with van der Waals surface area (Å²) >= 11 is 3.43. The highest BCUT2D eigenvalue weighted by atomic mass is 79.9. The Morgan fingerprint density at radius 1 is 1.17 bits per heavy atom. The van der Waals surface area contributed by atoms with E-state index in [1.54, 1.807) is 12.4 Å². The molecular weight excluding hydrogens is 360 g/mol. The normalized spacial score (nSPS) is 10.7. The fourth-order valence-corrected chi connectivity index (χ4v) is 2.76. The highest BCUT2D eigenvalue weighted by molar-refractivity contribution is 9.10. The van der Waals surface area contributed by atoms with Crippen molar-refractivity contribution < 1.29 is 14.3 Å². The van der Waals surface area contributed by atoms with Crippen LogP contribution in [0.5, 0.6) is 5.75 Å². The van der Waals surface area contributed by atoms with Crippen LogP contribution in [0.25, 0.3) is 11.0 Å². The molecule has 0 spiro atoms. The molecule has 0 aliphatic rings. The molecule has 0 atom stereocenters. The molecule has 1 heterocycles. The Morgan fingerprint density at radius 2 is 1.91 bits per heavy atom. The summed E-state index contributed by atoms with van der Waals surface area (Å²) in [6.45, 7) is 0.663. The minimum atomic E-state index is -0.457. The van der Waals surface area contributed by atoms with Gasteiger partial charge in [0, 0.05) is 11.0 Å². The van der Waals surface area contributed by atoms with Gasteiger partial charge in [0.05, 0.1) is 26.1 Å². The fraction of sp³-hybridized carbons (Fsp3) is 0.176. The van der Waals surface area contributed by atoms with E-state index in [0.717, 1.165) is 15.6 Å². The quantitative estimate of drug-likeness (QED) is 0.654. The molecule has 0 fully saturated rings. The first kappa shape index (κ1) is 15.6. The SMILES string of the molecule is COC(=O)c1c(OC)ccc2c1ncn2Cc1ccc(Br)cc1. The van der Waals surface area contributed by atoms with Gasteiger partial charge in [-0.15, -0.1) is 0 Å². The zero-order valence-electron chi connectivity index (χ0n) is 12.7. The Hall–Kier alpha value is -2.34. The molecule has 23 heavy (non-hydrogen) atoms. The van der Waals surface area contributed by atoms with E-state index in [9.17, 15) is 4.79 Å². The summed E-state index contributed by atoms with van der Waals surface area (Å²) in [5, 5.41) is 0. The maximum Gasteiger partial charge on any atom is 0.343 e. The fourth-order valence-electron chi connectivity index (χ4n) is 2.50. The molecule has 3 aromatic rings. The molecule has 0 aliphatic carbocycles. The average molecular weight is 375 g/mol. The number of aromatic nitrogens is 2. The minimum Gasteiger partial charge on any atom is -0.496 e. The van der Waals surface area contributed by atoms with Gasteiger partial charge in [0.15, 0.2) is 0 Å². The van der Waals surface area contributed by atoms with Crippen LogP contribution < -0.4 is 4.74 Å². The van der Waals surface area contributed by atoms with Gasteiger partial charge in [0.1, 0.15) is 16.8 Å². The zero-order valence-corrected chi connectivity index (χ0v) is 14.3. The topological polar surface area (TPSA) is 53.4 Å². The van der Waals surface area contributed by atoms with Crippen LogP contribution in [-0.2, 0) is 11.3 Å². The molecule has 0 saturated carbocycles. The van der Waals surface area contributed by atoms with Crippen LogP contribution in [0.15, 0.2) is 47.2 Å². The number of carbonyl (C=O) groups is 1. The molecule has 0 amide bonds. The number of carbonyl (C=O) groups excluding carboxylic acids is 1. The van der Waals surface area contributed by atoms with E-state index in [1.807, 2.05) is 34.9 Å². The summed E-state index contributed by atoms with van der Waals surface area (Å²) in [5.41, 5.74) is 2.92. The maximum atomic E-state index is 12.1. The highest BCUT2D eigenvalue weighted by Crippen LogP contribution is 2.28. The number of hydrogen-bond acceptors (Lipinski definition) is 4. The molecule has 0 unspecified atom stereocenters. The molecule has 6 heteroatoms. The van der Waals surface area contributed by atoms with E-state index < -0.39 is 5.97 Å². The number of benzene rings is 2. The lowest BCUT2D eigenvalue weighted by molar-refractivity contribution is 0.0599. The largest absolute Gasteiger partial charge is 0.496 e. The van der Waals surface area contributed by atoms with E-state index in [0.29, 0.717) is 23.4 Å². The standard InChI is InChI=1S/C17H15BrN2O3/c1-22-14-8-7-13-16(15(14)17(21)23-2)19-10-20(13)9-11-3-5-12(18)6-4-11/h3-8,10H,9H2,1-2H3. The number of imidazole rings is 1. The second-order valence-electron chi connectivity index (χ2n) is 5.00. The van der Waals surface area contributed by atoms with Crippen molar-refractivity contribution in [1.29, 1.82) is 0 Å². The number of rotatable bonds is 4. The van der Waals surface area contributed by atoms with Crippen molar-refractivity contribution in [3.8, 4) is 5.75 Å². The maximum absolute atomic E-state index is 12.1. The van der Waals surface area contributed by atoms with E-state index >= 15 is 0 Å². The van der Waals surface area contributed by atoms with Crippen LogP contribution in [0, 0.1) is 0 Å². The number of halogens is 1. The van der Waals surface area contributed by atoms with Gasteiger partial charge in [-0.3, -0.25) is 0 Å². The second-order valence-corrected chi connectivity index (χ2v) is 5.92. The average Bonchev–Trinajstić information content (AvgIpc) is 2.98. The number of fused-ring (bicyclic) bond motifs is 1. The Bertz CT molecular complexity index is 856. The van der Waals surface area contributed by atoms with Crippen LogP contribution >= 0.6 is 15.9 Å². The number of methoxy groups -OCH3 is 2. The van der Waals surface area contributed by atoms with E-state index in [2.05, 4.69) is 20.9 Å². The monoisotopic (exact) mass is 374 g/mol. The van der Waals surface area contributed by atoms with Crippen molar-refractivity contribution in [1.82, 2.24) is 9.55 Å². The zero-order chi connectivity index (χ0) is 16.4. The number of hydrogen-bond donors (Lipinski definition) is 0. The Labute approximate surface area is 142 Å². The molecule has 0 aliphatic heterocycles. The molecule has 0 saturated heterocycles. The Kier molecular flexibility index (Phi) is 4.34. The van der Waals surface area contributed by atoms with Crippen LogP contribution in [-0.4, -0.2) is 29.7 Å². The first-order chi connectivity index (χ1) is 11.1.